The number of aliphatic imine (C=N–C) groups is 1. The van der Waals surface area contributed by atoms with Gasteiger partial charge in [-0.25, -0.2) is 4.79 Å². The monoisotopic (exact) mass is 423 g/mol. The Balaban J connectivity index is 1.76. The van der Waals surface area contributed by atoms with E-state index in [4.69, 9.17) is 9.73 Å². The van der Waals surface area contributed by atoms with Gasteiger partial charge in [0.05, 0.1) is 0 Å². The number of carbonyl (C=O) groups is 1. The summed E-state index contributed by atoms with van der Waals surface area (Å²) in [6.07, 6.45) is 8.46. The highest BCUT2D eigenvalue weighted by Gasteiger charge is 2.27. The van der Waals surface area contributed by atoms with Gasteiger partial charge in [-0.2, -0.15) is 0 Å². The lowest BCUT2D eigenvalue weighted by Crippen LogP contribution is -2.50. The van der Waals surface area contributed by atoms with Crippen molar-refractivity contribution < 1.29 is 9.53 Å². The molecule has 30 heavy (non-hydrogen) atoms. The summed E-state index contributed by atoms with van der Waals surface area (Å²) in [5, 5.41) is 7.00. The lowest BCUT2D eigenvalue weighted by Gasteiger charge is -2.36. The maximum atomic E-state index is 12.2. The fraction of sp³-hybridized carbons (Fsp3) is 0.913. The van der Waals surface area contributed by atoms with E-state index in [-0.39, 0.29) is 12.1 Å². The second kappa shape index (κ2) is 11.8. The number of likely N-dealkylation sites (tertiary alicyclic amines) is 1. The van der Waals surface area contributed by atoms with E-state index in [1.54, 1.807) is 11.9 Å². The van der Waals surface area contributed by atoms with Gasteiger partial charge in [-0.05, 0) is 66.7 Å². The fourth-order valence-corrected chi connectivity index (χ4v) is 4.26. The summed E-state index contributed by atoms with van der Waals surface area (Å²) >= 11 is 0. The number of nitrogens with zero attached hydrogens (tertiary/aromatic N) is 3. The largest absolute Gasteiger partial charge is 0.444 e. The van der Waals surface area contributed by atoms with Gasteiger partial charge < -0.3 is 25.2 Å². The first-order valence-electron chi connectivity index (χ1n) is 11.9. The third kappa shape index (κ3) is 8.32. The van der Waals surface area contributed by atoms with Gasteiger partial charge in [-0.15, -0.1) is 0 Å². The molecule has 0 aromatic heterocycles. The Morgan fingerprint density at radius 1 is 1.20 bits per heavy atom. The first-order valence-corrected chi connectivity index (χ1v) is 11.9. The number of piperidine rings is 1. The van der Waals surface area contributed by atoms with Crippen LogP contribution in [0.4, 0.5) is 4.79 Å². The van der Waals surface area contributed by atoms with Crippen molar-refractivity contribution in [3.8, 4) is 0 Å². The number of nitrogens with one attached hydrogen (secondary N) is 2. The lowest BCUT2D eigenvalue weighted by molar-refractivity contribution is 0.0231. The van der Waals surface area contributed by atoms with Crippen molar-refractivity contribution in [2.45, 2.75) is 103 Å². The zero-order chi connectivity index (χ0) is 22.1. The van der Waals surface area contributed by atoms with E-state index in [1.165, 1.54) is 51.6 Å². The van der Waals surface area contributed by atoms with E-state index < -0.39 is 5.60 Å². The van der Waals surface area contributed by atoms with E-state index in [9.17, 15) is 4.79 Å². The molecule has 0 aromatic rings. The van der Waals surface area contributed by atoms with Crippen LogP contribution in [0.3, 0.4) is 0 Å². The molecule has 0 aromatic carbocycles. The predicted molar refractivity (Wildman–Crippen MR) is 124 cm³/mol. The van der Waals surface area contributed by atoms with Crippen LogP contribution in [0.5, 0.6) is 0 Å². The van der Waals surface area contributed by atoms with Crippen LogP contribution in [0.2, 0.25) is 0 Å². The van der Waals surface area contributed by atoms with Crippen molar-refractivity contribution in [2.24, 2.45) is 4.99 Å². The van der Waals surface area contributed by atoms with E-state index in [0.29, 0.717) is 12.6 Å². The van der Waals surface area contributed by atoms with E-state index in [0.717, 1.165) is 25.0 Å². The van der Waals surface area contributed by atoms with Crippen LogP contribution in [0.15, 0.2) is 4.99 Å². The van der Waals surface area contributed by atoms with Crippen LogP contribution in [0, 0.1) is 0 Å². The van der Waals surface area contributed by atoms with Crippen LogP contribution in [-0.2, 0) is 4.74 Å². The molecule has 7 heteroatoms. The number of hydrogen-bond acceptors (Lipinski definition) is 4. The summed E-state index contributed by atoms with van der Waals surface area (Å²) in [5.74, 6) is 0.893. The second-order valence-electron chi connectivity index (χ2n) is 9.88. The Kier molecular flexibility index (Phi) is 9.72. The summed E-state index contributed by atoms with van der Waals surface area (Å²) in [6.45, 7) is 13.7. The van der Waals surface area contributed by atoms with Gasteiger partial charge in [-0.3, -0.25) is 4.99 Å². The van der Waals surface area contributed by atoms with Crippen molar-refractivity contribution in [1.82, 2.24) is 20.4 Å². The summed E-state index contributed by atoms with van der Waals surface area (Å²) in [6, 6.07) is 1.39. The molecule has 174 valence electrons. The molecule has 7 nitrogen and oxygen atoms in total. The van der Waals surface area contributed by atoms with Gasteiger partial charge in [0.15, 0.2) is 5.96 Å². The van der Waals surface area contributed by atoms with Gasteiger partial charge in [0.1, 0.15) is 5.60 Å². The maximum Gasteiger partial charge on any atom is 0.410 e. The zero-order valence-corrected chi connectivity index (χ0v) is 20.2. The molecule has 1 unspecified atom stereocenters. The number of rotatable bonds is 7. The molecule has 2 rings (SSSR count). The number of hydrogen-bond donors (Lipinski definition) is 2. The van der Waals surface area contributed by atoms with Crippen molar-refractivity contribution in [1.29, 1.82) is 0 Å². The molecule has 0 bridgehead atoms. The summed E-state index contributed by atoms with van der Waals surface area (Å²) in [4.78, 5) is 21.4. The van der Waals surface area contributed by atoms with Crippen molar-refractivity contribution in [3.05, 3.63) is 0 Å². The molecule has 2 N–H and O–H groups in total. The maximum absolute atomic E-state index is 12.2. The third-order valence-corrected chi connectivity index (χ3v) is 6.22. The van der Waals surface area contributed by atoms with Gasteiger partial charge in [-0.1, -0.05) is 12.8 Å². The number of guanidine groups is 1. The van der Waals surface area contributed by atoms with Gasteiger partial charge in [0.2, 0.25) is 0 Å². The number of ether oxygens (including phenoxy) is 1. The van der Waals surface area contributed by atoms with E-state index in [1.807, 2.05) is 27.7 Å². The van der Waals surface area contributed by atoms with Crippen molar-refractivity contribution >= 4 is 12.1 Å². The minimum atomic E-state index is -0.474. The van der Waals surface area contributed by atoms with Gasteiger partial charge in [0, 0.05) is 51.4 Å². The van der Waals surface area contributed by atoms with Crippen LogP contribution in [0.25, 0.3) is 0 Å². The minimum absolute atomic E-state index is 0.0705. The van der Waals surface area contributed by atoms with Crippen molar-refractivity contribution in [3.63, 3.8) is 0 Å². The molecule has 1 aliphatic heterocycles. The zero-order valence-electron chi connectivity index (χ0n) is 20.2. The molecule has 1 saturated carbocycles. The molecule has 0 spiro atoms. The highest BCUT2D eigenvalue weighted by Crippen LogP contribution is 2.26. The standard InChI is InChI=1S/C23H45N5O2/c1-7-24-21(25-15-12-18(2)27(6)22(29)30-23(3,4)5)26-19-13-16-28(17-14-19)20-10-8-9-11-20/h18-20H,7-17H2,1-6H3,(H2,24,25,26). The van der Waals surface area contributed by atoms with Crippen LogP contribution in [-0.4, -0.2) is 78.8 Å². The van der Waals surface area contributed by atoms with Gasteiger partial charge in [0.25, 0.3) is 0 Å². The molecule has 1 atom stereocenters. The first kappa shape index (κ1) is 24.8. The van der Waals surface area contributed by atoms with Crippen molar-refractivity contribution in [2.75, 3.05) is 33.2 Å². The molecular formula is C23H45N5O2. The summed E-state index contributed by atoms with van der Waals surface area (Å²) in [7, 11) is 1.80. The Bertz CT molecular complexity index is 546. The smallest absolute Gasteiger partial charge is 0.410 e. The van der Waals surface area contributed by atoms with E-state index >= 15 is 0 Å². The first-order chi connectivity index (χ1) is 14.2. The molecule has 1 amide bonds. The Morgan fingerprint density at radius 2 is 1.83 bits per heavy atom. The van der Waals surface area contributed by atoms with Gasteiger partial charge >= 0.3 is 6.09 Å². The SMILES string of the molecule is CCNC(=NCCC(C)N(C)C(=O)OC(C)(C)C)NC1CCN(C2CCCC2)CC1. The number of amides is 1. The quantitative estimate of drug-likeness (QED) is 0.484. The summed E-state index contributed by atoms with van der Waals surface area (Å²) < 4.78 is 5.46. The second-order valence-corrected chi connectivity index (χ2v) is 9.88. The third-order valence-electron chi connectivity index (χ3n) is 6.22. The minimum Gasteiger partial charge on any atom is -0.444 e. The molecule has 0 radical (unpaired) electrons. The normalized spacial score (nSPS) is 20.8. The Hall–Kier alpha value is -1.50. The Labute approximate surface area is 184 Å². The molecule has 2 fully saturated rings. The highest BCUT2D eigenvalue weighted by molar-refractivity contribution is 5.80. The van der Waals surface area contributed by atoms with E-state index in [2.05, 4.69) is 22.5 Å². The topological polar surface area (TPSA) is 69.2 Å². The Morgan fingerprint density at radius 3 is 2.40 bits per heavy atom. The summed E-state index contributed by atoms with van der Waals surface area (Å²) in [5.41, 5.74) is -0.474. The average Bonchev–Trinajstić information content (AvgIpc) is 3.21. The van der Waals surface area contributed by atoms with Crippen LogP contribution in [0.1, 0.15) is 79.6 Å². The molecular weight excluding hydrogens is 378 g/mol. The average molecular weight is 424 g/mol. The predicted octanol–water partition coefficient (Wildman–Crippen LogP) is 3.59. The fourth-order valence-electron chi connectivity index (χ4n) is 4.26. The number of carbonyl (C=O) groups excluding carboxylic acids is 1. The highest BCUT2D eigenvalue weighted by atomic mass is 16.6. The lowest BCUT2D eigenvalue weighted by atomic mass is 10.0. The molecule has 2 aliphatic rings. The van der Waals surface area contributed by atoms with Crippen LogP contribution >= 0.6 is 0 Å². The van der Waals surface area contributed by atoms with Crippen LogP contribution < -0.4 is 10.6 Å². The molecule has 1 aliphatic carbocycles. The molecule has 1 heterocycles. The molecule has 1 saturated heterocycles.